The number of benzene rings is 2. The fourth-order valence-corrected chi connectivity index (χ4v) is 2.18. The number of nitrogens with zero attached hydrogens (tertiary/aromatic N) is 1. The average Bonchev–Trinajstić information content (AvgIpc) is 2.87. The maximum atomic E-state index is 12.9. The predicted molar refractivity (Wildman–Crippen MR) is 74.7 cm³/mol. The summed E-state index contributed by atoms with van der Waals surface area (Å²) >= 11 is 0. The third-order valence-corrected chi connectivity index (χ3v) is 3.20. The van der Waals surface area contributed by atoms with Gasteiger partial charge in [0, 0.05) is 24.7 Å². The predicted octanol–water partition coefficient (Wildman–Crippen LogP) is 4.21. The zero-order chi connectivity index (χ0) is 13.2. The van der Waals surface area contributed by atoms with Crippen molar-refractivity contribution < 1.29 is 8.81 Å². The van der Waals surface area contributed by atoms with Crippen molar-refractivity contribution in [1.82, 2.24) is 0 Å². The fraction of sp³-hybridized carbons (Fsp3) is 0.125. The van der Waals surface area contributed by atoms with Crippen LogP contribution in [0.25, 0.3) is 11.0 Å². The first-order valence-electron chi connectivity index (χ1n) is 6.15. The SMILES string of the molecule is CN(Cc1ccc2occc2c1)c1ccc(F)cc1. The van der Waals surface area contributed by atoms with E-state index in [0.29, 0.717) is 0 Å². The largest absolute Gasteiger partial charge is 0.464 e. The third kappa shape index (κ3) is 2.45. The molecule has 3 rings (SSSR count). The van der Waals surface area contributed by atoms with Gasteiger partial charge in [-0.05, 0) is 48.0 Å². The minimum absolute atomic E-state index is 0.211. The van der Waals surface area contributed by atoms with Gasteiger partial charge < -0.3 is 9.32 Å². The average molecular weight is 255 g/mol. The summed E-state index contributed by atoms with van der Waals surface area (Å²) in [6, 6.07) is 14.6. The molecule has 0 aliphatic rings. The molecule has 0 unspecified atom stereocenters. The van der Waals surface area contributed by atoms with Crippen LogP contribution in [0.5, 0.6) is 0 Å². The molecular formula is C16H14FNO. The van der Waals surface area contributed by atoms with Crippen LogP contribution in [0.1, 0.15) is 5.56 Å². The van der Waals surface area contributed by atoms with E-state index in [0.717, 1.165) is 23.2 Å². The van der Waals surface area contributed by atoms with E-state index in [-0.39, 0.29) is 5.82 Å². The van der Waals surface area contributed by atoms with Gasteiger partial charge in [-0.1, -0.05) is 6.07 Å². The monoisotopic (exact) mass is 255 g/mol. The Bertz CT molecular complexity index is 687. The van der Waals surface area contributed by atoms with Gasteiger partial charge in [0.05, 0.1) is 6.26 Å². The number of fused-ring (bicyclic) bond motifs is 1. The summed E-state index contributed by atoms with van der Waals surface area (Å²) < 4.78 is 18.2. The summed E-state index contributed by atoms with van der Waals surface area (Å²) in [5, 5.41) is 1.10. The molecule has 0 aliphatic heterocycles. The second-order valence-electron chi connectivity index (χ2n) is 4.63. The van der Waals surface area contributed by atoms with Crippen molar-refractivity contribution in [3.63, 3.8) is 0 Å². The van der Waals surface area contributed by atoms with Gasteiger partial charge in [0.25, 0.3) is 0 Å². The molecule has 2 aromatic carbocycles. The molecule has 0 radical (unpaired) electrons. The highest BCUT2D eigenvalue weighted by atomic mass is 19.1. The van der Waals surface area contributed by atoms with Crippen LogP contribution in [0.2, 0.25) is 0 Å². The van der Waals surface area contributed by atoms with Gasteiger partial charge in [0.1, 0.15) is 11.4 Å². The lowest BCUT2D eigenvalue weighted by Gasteiger charge is -2.19. The van der Waals surface area contributed by atoms with Crippen molar-refractivity contribution in [1.29, 1.82) is 0 Å². The molecule has 3 aromatic rings. The van der Waals surface area contributed by atoms with Crippen molar-refractivity contribution in [3.05, 3.63) is 66.2 Å². The number of furan rings is 1. The zero-order valence-corrected chi connectivity index (χ0v) is 10.6. The Kier molecular flexibility index (Phi) is 2.95. The van der Waals surface area contributed by atoms with Crippen LogP contribution in [0, 0.1) is 5.82 Å². The quantitative estimate of drug-likeness (QED) is 0.697. The van der Waals surface area contributed by atoms with E-state index in [1.807, 2.05) is 25.2 Å². The van der Waals surface area contributed by atoms with Crippen molar-refractivity contribution in [2.45, 2.75) is 6.54 Å². The summed E-state index contributed by atoms with van der Waals surface area (Å²) in [6.07, 6.45) is 1.69. The maximum Gasteiger partial charge on any atom is 0.133 e. The molecule has 1 aromatic heterocycles. The Balaban J connectivity index is 1.81. The number of halogens is 1. The van der Waals surface area contributed by atoms with Crippen LogP contribution < -0.4 is 4.90 Å². The number of anilines is 1. The lowest BCUT2D eigenvalue weighted by Crippen LogP contribution is -2.16. The molecule has 1 heterocycles. The minimum atomic E-state index is -0.211. The molecule has 19 heavy (non-hydrogen) atoms. The molecule has 0 aliphatic carbocycles. The van der Waals surface area contributed by atoms with Gasteiger partial charge >= 0.3 is 0 Å². The van der Waals surface area contributed by atoms with E-state index in [1.165, 1.54) is 17.7 Å². The highest BCUT2D eigenvalue weighted by Gasteiger charge is 2.04. The topological polar surface area (TPSA) is 16.4 Å². The van der Waals surface area contributed by atoms with Crippen molar-refractivity contribution in [2.24, 2.45) is 0 Å². The second kappa shape index (κ2) is 4.76. The Hall–Kier alpha value is -2.29. The van der Waals surface area contributed by atoms with Crippen LogP contribution in [0.4, 0.5) is 10.1 Å². The van der Waals surface area contributed by atoms with Gasteiger partial charge in [-0.3, -0.25) is 0 Å². The van der Waals surface area contributed by atoms with Crippen molar-refractivity contribution in [3.8, 4) is 0 Å². The Morgan fingerprint density at radius 2 is 1.84 bits per heavy atom. The molecule has 2 nitrogen and oxygen atoms in total. The van der Waals surface area contributed by atoms with E-state index >= 15 is 0 Å². The first-order chi connectivity index (χ1) is 9.22. The van der Waals surface area contributed by atoms with Gasteiger partial charge in [-0.15, -0.1) is 0 Å². The molecule has 0 saturated heterocycles. The van der Waals surface area contributed by atoms with Crippen molar-refractivity contribution in [2.75, 3.05) is 11.9 Å². The smallest absolute Gasteiger partial charge is 0.133 e. The summed E-state index contributed by atoms with van der Waals surface area (Å²) in [4.78, 5) is 2.08. The molecule has 0 saturated carbocycles. The van der Waals surface area contributed by atoms with E-state index < -0.39 is 0 Å². The normalized spacial score (nSPS) is 10.8. The lowest BCUT2D eigenvalue weighted by atomic mass is 10.1. The van der Waals surface area contributed by atoms with E-state index in [9.17, 15) is 4.39 Å². The van der Waals surface area contributed by atoms with Crippen molar-refractivity contribution >= 4 is 16.7 Å². The third-order valence-electron chi connectivity index (χ3n) is 3.20. The molecule has 0 fully saturated rings. The molecule has 0 N–H and O–H groups in total. The first-order valence-corrected chi connectivity index (χ1v) is 6.15. The van der Waals surface area contributed by atoms with Gasteiger partial charge in [0.2, 0.25) is 0 Å². The van der Waals surface area contributed by atoms with Gasteiger partial charge in [-0.25, -0.2) is 4.39 Å². The zero-order valence-electron chi connectivity index (χ0n) is 10.6. The van der Waals surface area contributed by atoms with Crippen LogP contribution in [-0.2, 0) is 6.54 Å². The number of rotatable bonds is 3. The van der Waals surface area contributed by atoms with E-state index in [4.69, 9.17) is 4.42 Å². The summed E-state index contributed by atoms with van der Waals surface area (Å²) in [6.45, 7) is 0.771. The molecular weight excluding hydrogens is 241 g/mol. The van der Waals surface area contributed by atoms with E-state index in [1.54, 1.807) is 18.4 Å². The second-order valence-corrected chi connectivity index (χ2v) is 4.63. The van der Waals surface area contributed by atoms with Crippen LogP contribution in [-0.4, -0.2) is 7.05 Å². The Morgan fingerprint density at radius 1 is 1.05 bits per heavy atom. The van der Waals surface area contributed by atoms with Crippen LogP contribution in [0.3, 0.4) is 0 Å². The summed E-state index contributed by atoms with van der Waals surface area (Å²) in [5.41, 5.74) is 3.09. The minimum Gasteiger partial charge on any atom is -0.464 e. The number of hydrogen-bond acceptors (Lipinski definition) is 2. The lowest BCUT2D eigenvalue weighted by molar-refractivity contribution is 0.615. The highest BCUT2D eigenvalue weighted by molar-refractivity contribution is 5.77. The Morgan fingerprint density at radius 3 is 2.63 bits per heavy atom. The first kappa shape index (κ1) is 11.8. The van der Waals surface area contributed by atoms with Gasteiger partial charge in [-0.2, -0.15) is 0 Å². The number of hydrogen-bond donors (Lipinski definition) is 0. The maximum absolute atomic E-state index is 12.9. The summed E-state index contributed by atoms with van der Waals surface area (Å²) in [7, 11) is 1.99. The highest BCUT2D eigenvalue weighted by Crippen LogP contribution is 2.20. The molecule has 0 atom stereocenters. The molecule has 96 valence electrons. The van der Waals surface area contributed by atoms with Crippen LogP contribution >= 0.6 is 0 Å². The van der Waals surface area contributed by atoms with Gasteiger partial charge in [0.15, 0.2) is 0 Å². The molecule has 0 amide bonds. The van der Waals surface area contributed by atoms with Crippen LogP contribution in [0.15, 0.2) is 59.2 Å². The molecule has 0 bridgehead atoms. The molecule has 0 spiro atoms. The Labute approximate surface area is 111 Å². The van der Waals surface area contributed by atoms with E-state index in [2.05, 4.69) is 11.0 Å². The fourth-order valence-electron chi connectivity index (χ4n) is 2.18. The molecule has 3 heteroatoms. The standard InChI is InChI=1S/C16H14FNO/c1-18(15-5-3-14(17)4-6-15)11-12-2-7-16-13(10-12)8-9-19-16/h2-10H,11H2,1H3. The summed E-state index contributed by atoms with van der Waals surface area (Å²) in [5.74, 6) is -0.211.